The van der Waals surface area contributed by atoms with E-state index < -0.39 is 23.3 Å². The summed E-state index contributed by atoms with van der Waals surface area (Å²) in [7, 11) is 0. The molecule has 0 bridgehead atoms. The Balaban J connectivity index is 2.56. The van der Waals surface area contributed by atoms with Crippen molar-refractivity contribution in [3.05, 3.63) is 33.4 Å². The first kappa shape index (κ1) is 16.4. The van der Waals surface area contributed by atoms with Gasteiger partial charge in [-0.3, -0.25) is 25.2 Å². The minimum atomic E-state index is -0.917. The standard InChI is InChI=1S/C13H16IN3O3/c1-13(2,3)15-11(19)12(20)17-16-10(18)8-6-4-5-7-9(8)14/h4-7H,1-3H3,(H,15,19)(H,16,18)(H,17,20). The van der Waals surface area contributed by atoms with E-state index in [2.05, 4.69) is 16.2 Å². The first-order valence-electron chi connectivity index (χ1n) is 5.88. The Hall–Kier alpha value is -1.64. The molecule has 3 N–H and O–H groups in total. The maximum atomic E-state index is 11.8. The molecule has 108 valence electrons. The van der Waals surface area contributed by atoms with E-state index in [0.29, 0.717) is 5.56 Å². The molecule has 20 heavy (non-hydrogen) atoms. The predicted octanol–water partition coefficient (Wildman–Crippen LogP) is 0.967. The number of amides is 3. The number of carbonyl (C=O) groups is 3. The zero-order chi connectivity index (χ0) is 15.3. The topological polar surface area (TPSA) is 87.3 Å². The minimum Gasteiger partial charge on any atom is -0.343 e. The SMILES string of the molecule is CC(C)(C)NC(=O)C(=O)NNC(=O)c1ccccc1I. The Labute approximate surface area is 130 Å². The molecular formula is C13H16IN3O3. The number of halogens is 1. The normalized spacial score (nSPS) is 10.6. The molecule has 0 aliphatic rings. The van der Waals surface area contributed by atoms with Crippen molar-refractivity contribution in [2.75, 3.05) is 0 Å². The molecule has 0 spiro atoms. The van der Waals surface area contributed by atoms with Gasteiger partial charge in [0, 0.05) is 9.11 Å². The van der Waals surface area contributed by atoms with Gasteiger partial charge in [-0.1, -0.05) is 12.1 Å². The average molecular weight is 389 g/mol. The highest BCUT2D eigenvalue weighted by Gasteiger charge is 2.20. The third-order valence-corrected chi connectivity index (χ3v) is 3.04. The van der Waals surface area contributed by atoms with E-state index >= 15 is 0 Å². The van der Waals surface area contributed by atoms with Gasteiger partial charge in [0.05, 0.1) is 5.56 Å². The number of benzene rings is 1. The highest BCUT2D eigenvalue weighted by atomic mass is 127. The van der Waals surface area contributed by atoms with Gasteiger partial charge in [0.15, 0.2) is 0 Å². The van der Waals surface area contributed by atoms with Crippen molar-refractivity contribution in [3.63, 3.8) is 0 Å². The van der Waals surface area contributed by atoms with Crippen molar-refractivity contribution in [2.45, 2.75) is 26.3 Å². The summed E-state index contributed by atoms with van der Waals surface area (Å²) < 4.78 is 0.746. The Morgan fingerprint density at radius 2 is 1.60 bits per heavy atom. The smallest absolute Gasteiger partial charge is 0.327 e. The second-order valence-electron chi connectivity index (χ2n) is 5.09. The van der Waals surface area contributed by atoms with Gasteiger partial charge in [0.25, 0.3) is 5.91 Å². The quantitative estimate of drug-likeness (QED) is 0.380. The molecule has 0 radical (unpaired) electrons. The predicted molar refractivity (Wildman–Crippen MR) is 82.7 cm³/mol. The first-order valence-corrected chi connectivity index (χ1v) is 6.96. The second-order valence-corrected chi connectivity index (χ2v) is 6.25. The Kier molecular flexibility index (Phi) is 5.49. The Morgan fingerprint density at radius 3 is 2.15 bits per heavy atom. The lowest BCUT2D eigenvalue weighted by molar-refractivity contribution is -0.140. The van der Waals surface area contributed by atoms with E-state index in [0.717, 1.165) is 3.57 Å². The molecule has 0 atom stereocenters. The summed E-state index contributed by atoms with van der Waals surface area (Å²) in [6.45, 7) is 5.26. The molecule has 1 rings (SSSR count). The summed E-state index contributed by atoms with van der Waals surface area (Å²) in [5.74, 6) is -2.20. The number of hydrazine groups is 1. The summed E-state index contributed by atoms with van der Waals surface area (Å²) in [6.07, 6.45) is 0. The lowest BCUT2D eigenvalue weighted by atomic mass is 10.1. The summed E-state index contributed by atoms with van der Waals surface area (Å²) in [5, 5.41) is 2.49. The molecular weight excluding hydrogens is 373 g/mol. The summed E-state index contributed by atoms with van der Waals surface area (Å²) >= 11 is 2.01. The van der Waals surface area contributed by atoms with Crippen molar-refractivity contribution in [3.8, 4) is 0 Å². The fourth-order valence-electron chi connectivity index (χ4n) is 1.28. The van der Waals surface area contributed by atoms with Crippen LogP contribution in [0, 0.1) is 3.57 Å². The van der Waals surface area contributed by atoms with Gasteiger partial charge in [0.2, 0.25) is 0 Å². The van der Waals surface area contributed by atoms with Crippen LogP contribution in [0.3, 0.4) is 0 Å². The van der Waals surface area contributed by atoms with E-state index in [4.69, 9.17) is 0 Å². The number of hydrogen-bond acceptors (Lipinski definition) is 3. The monoisotopic (exact) mass is 389 g/mol. The van der Waals surface area contributed by atoms with Crippen molar-refractivity contribution in [1.82, 2.24) is 16.2 Å². The Bertz CT molecular complexity index is 538. The van der Waals surface area contributed by atoms with Crippen LogP contribution >= 0.6 is 22.6 Å². The average Bonchev–Trinajstić information content (AvgIpc) is 2.34. The number of hydrogen-bond donors (Lipinski definition) is 3. The van der Waals surface area contributed by atoms with Crippen LogP contribution in [-0.4, -0.2) is 23.3 Å². The fraction of sp³-hybridized carbons (Fsp3) is 0.308. The van der Waals surface area contributed by atoms with Gasteiger partial charge in [-0.25, -0.2) is 0 Å². The van der Waals surface area contributed by atoms with E-state index in [-0.39, 0.29) is 0 Å². The van der Waals surface area contributed by atoms with Gasteiger partial charge >= 0.3 is 11.8 Å². The minimum absolute atomic E-state index is 0.421. The van der Waals surface area contributed by atoms with Gasteiger partial charge in [-0.15, -0.1) is 0 Å². The molecule has 0 heterocycles. The molecule has 6 nitrogen and oxygen atoms in total. The third-order valence-electron chi connectivity index (χ3n) is 2.10. The molecule has 0 aromatic heterocycles. The number of carbonyl (C=O) groups excluding carboxylic acids is 3. The van der Waals surface area contributed by atoms with Crippen LogP contribution < -0.4 is 16.2 Å². The van der Waals surface area contributed by atoms with Crippen LogP contribution in [0.4, 0.5) is 0 Å². The van der Waals surface area contributed by atoms with E-state index in [9.17, 15) is 14.4 Å². The van der Waals surface area contributed by atoms with Gasteiger partial charge in [0.1, 0.15) is 0 Å². The highest BCUT2D eigenvalue weighted by molar-refractivity contribution is 14.1. The van der Waals surface area contributed by atoms with Crippen molar-refractivity contribution < 1.29 is 14.4 Å². The lowest BCUT2D eigenvalue weighted by Gasteiger charge is -2.19. The molecule has 3 amide bonds. The van der Waals surface area contributed by atoms with Crippen molar-refractivity contribution >= 4 is 40.3 Å². The van der Waals surface area contributed by atoms with Crippen molar-refractivity contribution in [2.24, 2.45) is 0 Å². The largest absolute Gasteiger partial charge is 0.343 e. The molecule has 0 saturated heterocycles. The summed E-state index contributed by atoms with van der Waals surface area (Å²) in [4.78, 5) is 34.8. The lowest BCUT2D eigenvalue weighted by Crippen LogP contribution is -2.52. The van der Waals surface area contributed by atoms with Crippen molar-refractivity contribution in [1.29, 1.82) is 0 Å². The molecule has 0 aliphatic heterocycles. The fourth-order valence-corrected chi connectivity index (χ4v) is 1.91. The Morgan fingerprint density at radius 1 is 1.00 bits per heavy atom. The summed E-state index contributed by atoms with van der Waals surface area (Å²) in [5.41, 5.74) is 4.18. The third kappa shape index (κ3) is 5.16. The van der Waals surface area contributed by atoms with E-state index in [1.54, 1.807) is 45.0 Å². The van der Waals surface area contributed by atoms with Crippen LogP contribution in [0.1, 0.15) is 31.1 Å². The zero-order valence-electron chi connectivity index (χ0n) is 11.4. The van der Waals surface area contributed by atoms with Gasteiger partial charge < -0.3 is 5.32 Å². The summed E-state index contributed by atoms with van der Waals surface area (Å²) in [6, 6.07) is 6.90. The van der Waals surface area contributed by atoms with Crippen LogP contribution in [0.2, 0.25) is 0 Å². The molecule has 0 fully saturated rings. The van der Waals surface area contributed by atoms with Crippen LogP contribution in [0.5, 0.6) is 0 Å². The van der Waals surface area contributed by atoms with Crippen LogP contribution in [0.25, 0.3) is 0 Å². The van der Waals surface area contributed by atoms with E-state index in [1.807, 2.05) is 22.6 Å². The number of rotatable bonds is 1. The molecule has 0 unspecified atom stereocenters. The molecule has 1 aromatic rings. The second kappa shape index (κ2) is 6.69. The maximum Gasteiger partial charge on any atom is 0.327 e. The van der Waals surface area contributed by atoms with E-state index in [1.165, 1.54) is 0 Å². The molecule has 7 heteroatoms. The zero-order valence-corrected chi connectivity index (χ0v) is 13.6. The number of nitrogens with one attached hydrogen (secondary N) is 3. The maximum absolute atomic E-state index is 11.8. The van der Waals surface area contributed by atoms with Crippen LogP contribution in [0.15, 0.2) is 24.3 Å². The van der Waals surface area contributed by atoms with Gasteiger partial charge in [-0.2, -0.15) is 0 Å². The molecule has 1 aromatic carbocycles. The first-order chi connectivity index (χ1) is 9.20. The highest BCUT2D eigenvalue weighted by Crippen LogP contribution is 2.10. The van der Waals surface area contributed by atoms with Crippen LogP contribution in [-0.2, 0) is 9.59 Å². The molecule has 0 aliphatic carbocycles. The van der Waals surface area contributed by atoms with Gasteiger partial charge in [-0.05, 0) is 55.5 Å². The molecule has 0 saturated carbocycles.